The monoisotopic (exact) mass is 382 g/mol. The molecule has 4 rings (SSSR count). The lowest BCUT2D eigenvalue weighted by molar-refractivity contribution is -0.128. The fourth-order valence-electron chi connectivity index (χ4n) is 3.06. The first-order valence-electron chi connectivity index (χ1n) is 8.65. The number of benzene rings is 1. The average Bonchev–Trinajstić information content (AvgIpc) is 3.42. The molecule has 27 heavy (non-hydrogen) atoms. The molecule has 1 fully saturated rings. The van der Waals surface area contributed by atoms with E-state index >= 15 is 0 Å². The molecular formula is C19H18N4O3S. The first-order chi connectivity index (χ1) is 13.2. The highest BCUT2D eigenvalue weighted by Crippen LogP contribution is 2.27. The first-order valence-corrected chi connectivity index (χ1v) is 9.53. The second-order valence-electron chi connectivity index (χ2n) is 6.37. The highest BCUT2D eigenvalue weighted by atomic mass is 32.1. The van der Waals surface area contributed by atoms with E-state index in [1.807, 2.05) is 46.7 Å². The molecule has 3 heterocycles. The molecule has 1 aliphatic rings. The number of thiophene rings is 1. The summed E-state index contributed by atoms with van der Waals surface area (Å²) in [6.45, 7) is 1.31. The molecule has 1 aliphatic heterocycles. The van der Waals surface area contributed by atoms with Crippen molar-refractivity contribution in [2.45, 2.75) is 25.4 Å². The molecule has 138 valence electrons. The SMILES string of the molecule is O=C(NCc1nc(C2CC(=O)N(Cc3ccccc3)C2)no1)c1cccs1. The van der Waals surface area contributed by atoms with Gasteiger partial charge in [0.05, 0.1) is 11.4 Å². The molecule has 1 aromatic carbocycles. The lowest BCUT2D eigenvalue weighted by Crippen LogP contribution is -2.24. The van der Waals surface area contributed by atoms with Crippen LogP contribution in [-0.2, 0) is 17.9 Å². The van der Waals surface area contributed by atoms with Crippen molar-refractivity contribution in [3.8, 4) is 0 Å². The van der Waals surface area contributed by atoms with E-state index in [1.165, 1.54) is 11.3 Å². The van der Waals surface area contributed by atoms with E-state index < -0.39 is 0 Å². The van der Waals surface area contributed by atoms with Gasteiger partial charge in [-0.25, -0.2) is 0 Å². The van der Waals surface area contributed by atoms with Gasteiger partial charge in [0.25, 0.3) is 5.91 Å². The van der Waals surface area contributed by atoms with Gasteiger partial charge in [0.2, 0.25) is 11.8 Å². The molecule has 1 saturated heterocycles. The van der Waals surface area contributed by atoms with Crippen LogP contribution in [-0.4, -0.2) is 33.4 Å². The molecule has 1 atom stereocenters. The van der Waals surface area contributed by atoms with Gasteiger partial charge in [0, 0.05) is 25.4 Å². The second kappa shape index (κ2) is 7.71. The number of nitrogens with zero attached hydrogens (tertiary/aromatic N) is 3. The van der Waals surface area contributed by atoms with Crippen LogP contribution in [0, 0.1) is 0 Å². The van der Waals surface area contributed by atoms with E-state index in [9.17, 15) is 9.59 Å². The Labute approximate surface area is 160 Å². The van der Waals surface area contributed by atoms with Crippen molar-refractivity contribution in [2.24, 2.45) is 0 Å². The number of aromatic nitrogens is 2. The molecule has 0 radical (unpaired) electrons. The number of rotatable bonds is 6. The van der Waals surface area contributed by atoms with Gasteiger partial charge < -0.3 is 14.7 Å². The molecule has 2 aromatic heterocycles. The van der Waals surface area contributed by atoms with Crippen LogP contribution in [0.25, 0.3) is 0 Å². The fraction of sp³-hybridized carbons (Fsp3) is 0.263. The van der Waals surface area contributed by atoms with E-state index in [-0.39, 0.29) is 24.3 Å². The highest BCUT2D eigenvalue weighted by molar-refractivity contribution is 7.12. The lowest BCUT2D eigenvalue weighted by atomic mass is 10.1. The zero-order valence-electron chi connectivity index (χ0n) is 14.5. The second-order valence-corrected chi connectivity index (χ2v) is 7.31. The zero-order chi connectivity index (χ0) is 18.6. The van der Waals surface area contributed by atoms with E-state index in [0.29, 0.717) is 36.1 Å². The maximum Gasteiger partial charge on any atom is 0.261 e. The lowest BCUT2D eigenvalue weighted by Gasteiger charge is -2.15. The Bertz CT molecular complexity index is 924. The van der Waals surface area contributed by atoms with Crippen molar-refractivity contribution in [3.63, 3.8) is 0 Å². The van der Waals surface area contributed by atoms with E-state index in [0.717, 1.165) is 5.56 Å². The minimum atomic E-state index is -0.171. The molecule has 3 aromatic rings. The van der Waals surface area contributed by atoms with E-state index in [1.54, 1.807) is 6.07 Å². The van der Waals surface area contributed by atoms with Gasteiger partial charge in [-0.2, -0.15) is 4.98 Å². The topological polar surface area (TPSA) is 88.3 Å². The van der Waals surface area contributed by atoms with Crippen molar-refractivity contribution >= 4 is 23.2 Å². The summed E-state index contributed by atoms with van der Waals surface area (Å²) in [7, 11) is 0. The Balaban J connectivity index is 1.34. The average molecular weight is 382 g/mol. The molecular weight excluding hydrogens is 364 g/mol. The summed E-state index contributed by atoms with van der Waals surface area (Å²) in [5.74, 6) is 0.672. The molecule has 7 nitrogen and oxygen atoms in total. The van der Waals surface area contributed by atoms with Crippen LogP contribution in [0.2, 0.25) is 0 Å². The van der Waals surface area contributed by atoms with Crippen LogP contribution in [0.15, 0.2) is 52.4 Å². The molecule has 0 bridgehead atoms. The Morgan fingerprint density at radius 1 is 1.26 bits per heavy atom. The van der Waals surface area contributed by atoms with Crippen molar-refractivity contribution < 1.29 is 14.1 Å². The molecule has 1 N–H and O–H groups in total. The summed E-state index contributed by atoms with van der Waals surface area (Å²) in [6, 6.07) is 13.5. The summed E-state index contributed by atoms with van der Waals surface area (Å²) in [5, 5.41) is 8.60. The number of carbonyl (C=O) groups excluding carboxylic acids is 2. The van der Waals surface area contributed by atoms with E-state index in [2.05, 4.69) is 15.5 Å². The summed E-state index contributed by atoms with van der Waals surface area (Å²) >= 11 is 1.37. The number of hydrogen-bond acceptors (Lipinski definition) is 6. The van der Waals surface area contributed by atoms with Gasteiger partial charge in [0.15, 0.2) is 5.82 Å². The summed E-state index contributed by atoms with van der Waals surface area (Å²) in [6.07, 6.45) is 0.368. The van der Waals surface area contributed by atoms with Gasteiger partial charge in [-0.1, -0.05) is 41.6 Å². The maximum absolute atomic E-state index is 12.3. The van der Waals surface area contributed by atoms with Crippen LogP contribution in [0.4, 0.5) is 0 Å². The Morgan fingerprint density at radius 3 is 2.89 bits per heavy atom. The van der Waals surface area contributed by atoms with Crippen molar-refractivity contribution in [3.05, 3.63) is 70.0 Å². The molecule has 0 aliphatic carbocycles. The predicted octanol–water partition coefficient (Wildman–Crippen LogP) is 2.58. The quantitative estimate of drug-likeness (QED) is 0.708. The molecule has 2 amide bonds. The van der Waals surface area contributed by atoms with Gasteiger partial charge in [-0.3, -0.25) is 9.59 Å². The number of nitrogens with one attached hydrogen (secondary N) is 1. The Hall–Kier alpha value is -3.00. The smallest absolute Gasteiger partial charge is 0.261 e. The number of hydrogen-bond donors (Lipinski definition) is 1. The van der Waals surface area contributed by atoms with Crippen LogP contribution < -0.4 is 5.32 Å². The highest BCUT2D eigenvalue weighted by Gasteiger charge is 2.33. The van der Waals surface area contributed by atoms with Gasteiger partial charge >= 0.3 is 0 Å². The van der Waals surface area contributed by atoms with Gasteiger partial charge in [-0.05, 0) is 17.0 Å². The maximum atomic E-state index is 12.3. The number of carbonyl (C=O) groups is 2. The molecule has 0 saturated carbocycles. The standard InChI is InChI=1S/C19H18N4O3S/c24-17-9-14(12-23(17)11-13-5-2-1-3-6-13)18-21-16(26-22-18)10-20-19(25)15-7-4-8-27-15/h1-8,14H,9-12H2,(H,20,25). The van der Waals surface area contributed by atoms with Gasteiger partial charge in [-0.15, -0.1) is 11.3 Å². The Kier molecular flexibility index (Phi) is 4.97. The van der Waals surface area contributed by atoms with Crippen molar-refractivity contribution in [2.75, 3.05) is 6.54 Å². The predicted molar refractivity (Wildman–Crippen MR) is 99.0 cm³/mol. The van der Waals surface area contributed by atoms with Crippen LogP contribution in [0.5, 0.6) is 0 Å². The largest absolute Gasteiger partial charge is 0.342 e. The Morgan fingerprint density at radius 2 is 2.11 bits per heavy atom. The van der Waals surface area contributed by atoms with Crippen molar-refractivity contribution in [1.82, 2.24) is 20.4 Å². The minimum Gasteiger partial charge on any atom is -0.342 e. The number of amides is 2. The van der Waals surface area contributed by atoms with E-state index in [4.69, 9.17) is 4.52 Å². The van der Waals surface area contributed by atoms with Crippen LogP contribution >= 0.6 is 11.3 Å². The fourth-order valence-corrected chi connectivity index (χ4v) is 3.70. The van der Waals surface area contributed by atoms with Gasteiger partial charge in [0.1, 0.15) is 0 Å². The summed E-state index contributed by atoms with van der Waals surface area (Å²) in [5.41, 5.74) is 1.09. The van der Waals surface area contributed by atoms with Crippen LogP contribution in [0.1, 0.15) is 39.3 Å². The summed E-state index contributed by atoms with van der Waals surface area (Å²) in [4.78, 5) is 31.1. The summed E-state index contributed by atoms with van der Waals surface area (Å²) < 4.78 is 5.23. The third-order valence-corrected chi connectivity index (χ3v) is 5.29. The molecule has 8 heteroatoms. The minimum absolute atomic E-state index is 0.0844. The number of likely N-dealkylation sites (tertiary alicyclic amines) is 1. The normalized spacial score (nSPS) is 16.7. The molecule has 1 unspecified atom stereocenters. The first kappa shape index (κ1) is 17.4. The molecule has 0 spiro atoms. The van der Waals surface area contributed by atoms with Crippen LogP contribution in [0.3, 0.4) is 0 Å². The van der Waals surface area contributed by atoms with Crippen molar-refractivity contribution in [1.29, 1.82) is 0 Å². The third-order valence-electron chi connectivity index (χ3n) is 4.42. The zero-order valence-corrected chi connectivity index (χ0v) is 15.3. The third kappa shape index (κ3) is 4.06.